The van der Waals surface area contributed by atoms with Gasteiger partial charge in [-0.15, -0.1) is 0 Å². The fourth-order valence-corrected chi connectivity index (χ4v) is 4.09. The Morgan fingerprint density at radius 1 is 1.20 bits per heavy atom. The fraction of sp³-hybridized carbons (Fsp3) is 0.200. The number of nitrogens with one attached hydrogen (secondary N) is 1. The number of pyridine rings is 1. The van der Waals surface area contributed by atoms with Crippen LogP contribution in [0.5, 0.6) is 0 Å². The molecule has 0 radical (unpaired) electrons. The summed E-state index contributed by atoms with van der Waals surface area (Å²) in [5, 5.41) is 7.89. The summed E-state index contributed by atoms with van der Waals surface area (Å²) >= 11 is 12.2. The second-order valence-electron chi connectivity index (χ2n) is 7.05. The molecule has 1 aliphatic rings. The van der Waals surface area contributed by atoms with Gasteiger partial charge in [0.2, 0.25) is 0 Å². The van der Waals surface area contributed by atoms with Crippen molar-refractivity contribution in [1.82, 2.24) is 24.8 Å². The minimum Gasteiger partial charge on any atom is -0.336 e. The Labute approximate surface area is 181 Å². The van der Waals surface area contributed by atoms with E-state index in [1.165, 1.54) is 0 Å². The molecule has 30 heavy (non-hydrogen) atoms. The van der Waals surface area contributed by atoms with Gasteiger partial charge in [0.15, 0.2) is 11.5 Å². The molecule has 8 nitrogen and oxygen atoms in total. The van der Waals surface area contributed by atoms with Gasteiger partial charge < -0.3 is 14.2 Å². The molecule has 0 spiro atoms. The summed E-state index contributed by atoms with van der Waals surface area (Å²) < 4.78 is 7.22. The van der Waals surface area contributed by atoms with E-state index in [1.807, 2.05) is 31.3 Å². The SMILES string of the molecule is Cc1cc(-c2nc(Cc3cn4cc(Cl)cc(Cl)c4n3)no2)ccc1N1CCNC1=O. The number of carbonyl (C=O) groups excluding carboxylic acids is 1. The van der Waals surface area contributed by atoms with Gasteiger partial charge in [0, 0.05) is 36.7 Å². The molecular formula is C20H16Cl2N6O2. The van der Waals surface area contributed by atoms with Crippen LogP contribution in [0.15, 0.2) is 41.2 Å². The van der Waals surface area contributed by atoms with Crippen LogP contribution >= 0.6 is 23.2 Å². The first kappa shape index (κ1) is 18.9. The van der Waals surface area contributed by atoms with Crippen molar-refractivity contribution < 1.29 is 9.32 Å². The number of aryl methyl sites for hydroxylation is 1. The van der Waals surface area contributed by atoms with E-state index < -0.39 is 0 Å². The van der Waals surface area contributed by atoms with E-state index >= 15 is 0 Å². The Kier molecular flexibility index (Phi) is 4.60. The minimum absolute atomic E-state index is 0.0835. The number of imidazole rings is 1. The van der Waals surface area contributed by atoms with Crippen LogP contribution in [0.2, 0.25) is 10.0 Å². The molecule has 3 aromatic heterocycles. The molecule has 0 atom stereocenters. The molecule has 1 saturated heterocycles. The summed E-state index contributed by atoms with van der Waals surface area (Å²) in [5.74, 6) is 0.923. The van der Waals surface area contributed by atoms with Crippen molar-refractivity contribution in [2.24, 2.45) is 0 Å². The lowest BCUT2D eigenvalue weighted by atomic mass is 10.1. The van der Waals surface area contributed by atoms with Gasteiger partial charge in [0.05, 0.1) is 22.2 Å². The first-order valence-corrected chi connectivity index (χ1v) is 10.0. The Bertz CT molecular complexity index is 1280. The van der Waals surface area contributed by atoms with Gasteiger partial charge in [0.25, 0.3) is 5.89 Å². The van der Waals surface area contributed by atoms with Crippen LogP contribution in [-0.2, 0) is 6.42 Å². The lowest BCUT2D eigenvalue weighted by molar-refractivity contribution is 0.252. The van der Waals surface area contributed by atoms with Crippen molar-refractivity contribution in [3.8, 4) is 11.5 Å². The highest BCUT2D eigenvalue weighted by Gasteiger charge is 2.23. The zero-order valence-corrected chi connectivity index (χ0v) is 17.4. The monoisotopic (exact) mass is 442 g/mol. The molecule has 0 aliphatic carbocycles. The van der Waals surface area contributed by atoms with Crippen LogP contribution in [0.4, 0.5) is 10.5 Å². The van der Waals surface area contributed by atoms with E-state index in [0.29, 0.717) is 46.9 Å². The molecule has 1 aromatic carbocycles. The summed E-state index contributed by atoms with van der Waals surface area (Å²) in [6.45, 7) is 3.25. The lowest BCUT2D eigenvalue weighted by Gasteiger charge is -2.17. The van der Waals surface area contributed by atoms with Crippen LogP contribution in [0, 0.1) is 6.92 Å². The molecule has 1 aliphatic heterocycles. The summed E-state index contributed by atoms with van der Waals surface area (Å²) in [5.41, 5.74) is 3.99. The number of rotatable bonds is 4. The van der Waals surface area contributed by atoms with Crippen LogP contribution in [0.3, 0.4) is 0 Å². The largest absolute Gasteiger partial charge is 0.336 e. The Morgan fingerprint density at radius 3 is 2.83 bits per heavy atom. The van der Waals surface area contributed by atoms with E-state index in [-0.39, 0.29) is 6.03 Å². The van der Waals surface area contributed by atoms with Crippen LogP contribution < -0.4 is 10.2 Å². The number of aromatic nitrogens is 4. The Hall–Kier alpha value is -3.10. The number of fused-ring (bicyclic) bond motifs is 1. The Morgan fingerprint density at radius 2 is 2.07 bits per heavy atom. The van der Waals surface area contributed by atoms with Crippen molar-refractivity contribution in [2.45, 2.75) is 13.3 Å². The predicted molar refractivity (Wildman–Crippen MR) is 113 cm³/mol. The molecular weight excluding hydrogens is 427 g/mol. The van der Waals surface area contributed by atoms with E-state index in [4.69, 9.17) is 27.7 Å². The van der Waals surface area contributed by atoms with Gasteiger partial charge >= 0.3 is 6.03 Å². The van der Waals surface area contributed by atoms with E-state index in [9.17, 15) is 4.79 Å². The van der Waals surface area contributed by atoms with Crippen LogP contribution in [0.1, 0.15) is 17.1 Å². The van der Waals surface area contributed by atoms with Crippen molar-refractivity contribution in [1.29, 1.82) is 0 Å². The zero-order chi connectivity index (χ0) is 20.8. The van der Waals surface area contributed by atoms with Gasteiger partial charge in [-0.3, -0.25) is 4.90 Å². The maximum atomic E-state index is 11.9. The normalized spacial score (nSPS) is 14.0. The predicted octanol–water partition coefficient (Wildman–Crippen LogP) is 4.12. The molecule has 152 valence electrons. The van der Waals surface area contributed by atoms with Crippen LogP contribution in [0.25, 0.3) is 17.1 Å². The standard InChI is InChI=1S/C20H16Cl2N6O2/c1-11-6-12(2-3-16(11)28-5-4-23-20(28)29)19-25-17(26-30-19)8-14-10-27-9-13(21)7-15(22)18(27)24-14/h2-3,6-7,9-10H,4-5,8H2,1H3,(H,23,29). The molecule has 4 aromatic rings. The molecule has 5 rings (SSSR count). The van der Waals surface area contributed by atoms with Crippen molar-refractivity contribution in [2.75, 3.05) is 18.0 Å². The number of amides is 2. The molecule has 1 fully saturated rings. The number of hydrogen-bond donors (Lipinski definition) is 1. The van der Waals surface area contributed by atoms with Crippen LogP contribution in [-0.4, -0.2) is 38.6 Å². The van der Waals surface area contributed by atoms with Gasteiger partial charge in [-0.25, -0.2) is 9.78 Å². The van der Waals surface area contributed by atoms with Gasteiger partial charge in [0.1, 0.15) is 0 Å². The van der Waals surface area contributed by atoms with Crippen molar-refractivity contribution in [3.05, 3.63) is 63.8 Å². The molecule has 4 heterocycles. The maximum absolute atomic E-state index is 11.9. The third-order valence-corrected chi connectivity index (χ3v) is 5.41. The first-order valence-electron chi connectivity index (χ1n) is 9.29. The topological polar surface area (TPSA) is 88.6 Å². The molecule has 0 unspecified atom stereocenters. The highest BCUT2D eigenvalue weighted by atomic mass is 35.5. The van der Waals surface area contributed by atoms with Crippen molar-refractivity contribution >= 4 is 40.6 Å². The summed E-state index contributed by atoms with van der Waals surface area (Å²) in [7, 11) is 0. The number of hydrogen-bond acceptors (Lipinski definition) is 5. The molecule has 0 saturated carbocycles. The number of benzene rings is 1. The summed E-state index contributed by atoms with van der Waals surface area (Å²) in [6.07, 6.45) is 3.97. The minimum atomic E-state index is -0.0835. The second-order valence-corrected chi connectivity index (χ2v) is 7.89. The summed E-state index contributed by atoms with van der Waals surface area (Å²) in [4.78, 5) is 22.6. The highest BCUT2D eigenvalue weighted by Crippen LogP contribution is 2.28. The smallest absolute Gasteiger partial charge is 0.322 e. The van der Waals surface area contributed by atoms with E-state index in [1.54, 1.807) is 21.6 Å². The average molecular weight is 443 g/mol. The van der Waals surface area contributed by atoms with Gasteiger partial charge in [-0.1, -0.05) is 28.4 Å². The third-order valence-electron chi connectivity index (χ3n) is 4.92. The quantitative estimate of drug-likeness (QED) is 0.513. The van der Waals surface area contributed by atoms with Gasteiger partial charge in [-0.05, 0) is 36.8 Å². The lowest BCUT2D eigenvalue weighted by Crippen LogP contribution is -2.28. The third kappa shape index (κ3) is 3.38. The highest BCUT2D eigenvalue weighted by molar-refractivity contribution is 6.36. The zero-order valence-electron chi connectivity index (χ0n) is 15.9. The van der Waals surface area contributed by atoms with Gasteiger partial charge in [-0.2, -0.15) is 4.98 Å². The molecule has 10 heteroatoms. The van der Waals surface area contributed by atoms with Crippen molar-refractivity contribution in [3.63, 3.8) is 0 Å². The fourth-order valence-electron chi connectivity index (χ4n) is 3.56. The molecule has 0 bridgehead atoms. The Balaban J connectivity index is 1.38. The number of halogens is 2. The summed E-state index contributed by atoms with van der Waals surface area (Å²) in [6, 6.07) is 7.27. The number of anilines is 1. The van der Waals surface area contributed by atoms with E-state index in [0.717, 1.165) is 22.5 Å². The number of nitrogens with zero attached hydrogens (tertiary/aromatic N) is 5. The first-order chi connectivity index (χ1) is 14.5. The second kappa shape index (κ2) is 7.30. The average Bonchev–Trinajstić information content (AvgIpc) is 3.42. The molecule has 2 amide bonds. The number of carbonyl (C=O) groups is 1. The molecule has 1 N–H and O–H groups in total. The van der Waals surface area contributed by atoms with E-state index in [2.05, 4.69) is 20.4 Å². The number of urea groups is 1. The maximum Gasteiger partial charge on any atom is 0.322 e.